The Hall–Kier alpha value is -1.16. The Morgan fingerprint density at radius 1 is 1.38 bits per heavy atom. The summed E-state index contributed by atoms with van der Waals surface area (Å²) in [5.41, 5.74) is 6.20. The molecule has 0 aliphatic carbocycles. The average molecular weight is 181 g/mol. The number of anilines is 1. The highest BCUT2D eigenvalue weighted by Gasteiger charge is 1.97. The summed E-state index contributed by atoms with van der Waals surface area (Å²) in [5, 5.41) is 0. The van der Waals surface area contributed by atoms with Crippen LogP contribution in [0.5, 0.6) is 0 Å². The van der Waals surface area contributed by atoms with Crippen molar-refractivity contribution in [2.75, 3.05) is 12.3 Å². The highest BCUT2D eigenvalue weighted by Crippen LogP contribution is 2.00. The Kier molecular flexibility index (Phi) is 3.64. The van der Waals surface area contributed by atoms with Gasteiger partial charge in [0.2, 0.25) is 0 Å². The van der Waals surface area contributed by atoms with Gasteiger partial charge in [-0.3, -0.25) is 4.98 Å². The second-order valence-electron chi connectivity index (χ2n) is 3.34. The molecule has 0 unspecified atom stereocenters. The molecule has 4 nitrogen and oxygen atoms in total. The van der Waals surface area contributed by atoms with E-state index < -0.39 is 0 Å². The first-order valence-electron chi connectivity index (χ1n) is 4.32. The van der Waals surface area contributed by atoms with Gasteiger partial charge in [-0.15, -0.1) is 0 Å². The third-order valence-corrected chi connectivity index (χ3v) is 1.43. The Morgan fingerprint density at radius 3 is 2.69 bits per heavy atom. The van der Waals surface area contributed by atoms with Crippen LogP contribution in [0.1, 0.15) is 19.5 Å². The van der Waals surface area contributed by atoms with E-state index in [9.17, 15) is 0 Å². The van der Waals surface area contributed by atoms with Crippen molar-refractivity contribution in [2.45, 2.75) is 20.5 Å². The molecular formula is C9H15N3O. The van der Waals surface area contributed by atoms with Crippen molar-refractivity contribution in [1.29, 1.82) is 0 Å². The van der Waals surface area contributed by atoms with E-state index in [-0.39, 0.29) is 0 Å². The molecule has 4 heteroatoms. The fourth-order valence-electron chi connectivity index (χ4n) is 0.838. The molecule has 0 fully saturated rings. The van der Waals surface area contributed by atoms with Crippen LogP contribution in [-0.4, -0.2) is 16.6 Å². The number of ether oxygens (including phenoxy) is 1. The minimum Gasteiger partial charge on any atom is -0.382 e. The van der Waals surface area contributed by atoms with Crippen molar-refractivity contribution in [3.8, 4) is 0 Å². The zero-order chi connectivity index (χ0) is 9.68. The molecule has 0 aromatic carbocycles. The zero-order valence-electron chi connectivity index (χ0n) is 8.03. The number of nitrogens with zero attached hydrogens (tertiary/aromatic N) is 2. The lowest BCUT2D eigenvalue weighted by molar-refractivity contribution is 0.0946. The summed E-state index contributed by atoms with van der Waals surface area (Å²) in [6.07, 6.45) is 3.17. The minimum atomic E-state index is 0.438. The van der Waals surface area contributed by atoms with Crippen molar-refractivity contribution in [3.05, 3.63) is 18.1 Å². The van der Waals surface area contributed by atoms with Crippen LogP contribution in [0.4, 0.5) is 5.82 Å². The summed E-state index contributed by atoms with van der Waals surface area (Å²) < 4.78 is 5.38. The largest absolute Gasteiger partial charge is 0.382 e. The number of hydrogen-bond donors (Lipinski definition) is 1. The molecule has 1 aromatic rings. The van der Waals surface area contributed by atoms with Gasteiger partial charge in [0.05, 0.1) is 24.7 Å². The van der Waals surface area contributed by atoms with E-state index in [0.29, 0.717) is 18.3 Å². The average Bonchev–Trinajstić information content (AvgIpc) is 2.08. The lowest BCUT2D eigenvalue weighted by Crippen LogP contribution is -2.03. The molecule has 0 saturated heterocycles. The molecule has 0 radical (unpaired) electrons. The van der Waals surface area contributed by atoms with Crippen LogP contribution in [-0.2, 0) is 11.3 Å². The van der Waals surface area contributed by atoms with Crippen molar-refractivity contribution in [2.24, 2.45) is 5.92 Å². The Bertz CT molecular complexity index is 246. The maximum Gasteiger partial charge on any atom is 0.141 e. The van der Waals surface area contributed by atoms with Crippen LogP contribution in [0.15, 0.2) is 12.4 Å². The third-order valence-electron chi connectivity index (χ3n) is 1.43. The van der Waals surface area contributed by atoms with Gasteiger partial charge in [0.1, 0.15) is 5.82 Å². The van der Waals surface area contributed by atoms with Crippen LogP contribution >= 0.6 is 0 Å². The van der Waals surface area contributed by atoms with Crippen LogP contribution in [0, 0.1) is 5.92 Å². The van der Waals surface area contributed by atoms with Gasteiger partial charge < -0.3 is 10.5 Å². The molecule has 72 valence electrons. The van der Waals surface area contributed by atoms with Crippen molar-refractivity contribution < 1.29 is 4.74 Å². The van der Waals surface area contributed by atoms with Crippen LogP contribution < -0.4 is 5.73 Å². The van der Waals surface area contributed by atoms with E-state index in [1.54, 1.807) is 6.20 Å². The third kappa shape index (κ3) is 3.85. The molecule has 2 N–H and O–H groups in total. The fraction of sp³-hybridized carbons (Fsp3) is 0.556. The summed E-state index contributed by atoms with van der Waals surface area (Å²) in [5.74, 6) is 0.981. The topological polar surface area (TPSA) is 61.0 Å². The van der Waals surface area contributed by atoms with Crippen LogP contribution in [0.25, 0.3) is 0 Å². The quantitative estimate of drug-likeness (QED) is 0.759. The molecule has 0 aliphatic rings. The maximum absolute atomic E-state index is 5.39. The molecule has 0 spiro atoms. The molecule has 1 heterocycles. The fourth-order valence-corrected chi connectivity index (χ4v) is 0.838. The van der Waals surface area contributed by atoms with Gasteiger partial charge >= 0.3 is 0 Å². The first-order valence-corrected chi connectivity index (χ1v) is 4.32. The Morgan fingerprint density at radius 2 is 2.15 bits per heavy atom. The molecule has 1 rings (SSSR count). The summed E-state index contributed by atoms with van der Waals surface area (Å²) in [6.45, 7) is 5.46. The highest BCUT2D eigenvalue weighted by molar-refractivity contribution is 5.22. The zero-order valence-corrected chi connectivity index (χ0v) is 8.03. The van der Waals surface area contributed by atoms with Gasteiger partial charge in [-0.05, 0) is 5.92 Å². The van der Waals surface area contributed by atoms with Crippen molar-refractivity contribution >= 4 is 5.82 Å². The first-order chi connectivity index (χ1) is 6.18. The van der Waals surface area contributed by atoms with Gasteiger partial charge in [-0.25, -0.2) is 4.98 Å². The minimum absolute atomic E-state index is 0.438. The predicted molar refractivity (Wildman–Crippen MR) is 50.9 cm³/mol. The highest BCUT2D eigenvalue weighted by atomic mass is 16.5. The monoisotopic (exact) mass is 181 g/mol. The molecule has 0 aliphatic heterocycles. The first kappa shape index (κ1) is 9.92. The Balaban J connectivity index is 2.33. The normalized spacial score (nSPS) is 10.7. The number of rotatable bonds is 4. The second kappa shape index (κ2) is 4.77. The van der Waals surface area contributed by atoms with Crippen LogP contribution in [0.2, 0.25) is 0 Å². The Labute approximate surface area is 78.1 Å². The molecule has 0 amide bonds. The van der Waals surface area contributed by atoms with Gasteiger partial charge in [0.15, 0.2) is 0 Å². The van der Waals surface area contributed by atoms with Gasteiger partial charge in [0, 0.05) is 6.61 Å². The number of hydrogen-bond acceptors (Lipinski definition) is 4. The van der Waals surface area contributed by atoms with Gasteiger partial charge in [0.25, 0.3) is 0 Å². The number of nitrogen functional groups attached to an aromatic ring is 1. The van der Waals surface area contributed by atoms with E-state index in [2.05, 4.69) is 23.8 Å². The molecule has 0 bridgehead atoms. The van der Waals surface area contributed by atoms with Crippen molar-refractivity contribution in [1.82, 2.24) is 9.97 Å². The molecular weight excluding hydrogens is 166 g/mol. The van der Waals surface area contributed by atoms with E-state index >= 15 is 0 Å². The molecule has 0 atom stereocenters. The van der Waals surface area contributed by atoms with E-state index in [4.69, 9.17) is 10.5 Å². The number of aromatic nitrogens is 2. The summed E-state index contributed by atoms with van der Waals surface area (Å²) in [4.78, 5) is 7.97. The lowest BCUT2D eigenvalue weighted by atomic mass is 10.2. The standard InChI is InChI=1S/C9H15N3O/c1-7(2)5-13-6-8-3-12-9(10)4-11-8/h3-4,7H,5-6H2,1-2H3,(H2,10,12). The summed E-state index contributed by atoms with van der Waals surface area (Å²) in [7, 11) is 0. The van der Waals surface area contributed by atoms with E-state index in [1.165, 1.54) is 6.20 Å². The SMILES string of the molecule is CC(C)COCc1cnc(N)cn1. The smallest absolute Gasteiger partial charge is 0.141 e. The maximum atomic E-state index is 5.39. The summed E-state index contributed by atoms with van der Waals surface area (Å²) >= 11 is 0. The predicted octanol–water partition coefficient (Wildman–Crippen LogP) is 1.23. The van der Waals surface area contributed by atoms with E-state index in [0.717, 1.165) is 12.3 Å². The molecule has 1 aromatic heterocycles. The molecule has 13 heavy (non-hydrogen) atoms. The van der Waals surface area contributed by atoms with Crippen molar-refractivity contribution in [3.63, 3.8) is 0 Å². The van der Waals surface area contributed by atoms with Gasteiger partial charge in [-0.1, -0.05) is 13.8 Å². The lowest BCUT2D eigenvalue weighted by Gasteiger charge is -2.05. The van der Waals surface area contributed by atoms with Gasteiger partial charge in [-0.2, -0.15) is 0 Å². The molecule has 0 saturated carbocycles. The second-order valence-corrected chi connectivity index (χ2v) is 3.34. The number of nitrogens with two attached hydrogens (primary N) is 1. The summed E-state index contributed by atoms with van der Waals surface area (Å²) in [6, 6.07) is 0. The van der Waals surface area contributed by atoms with E-state index in [1.807, 2.05) is 0 Å². The van der Waals surface area contributed by atoms with Crippen LogP contribution in [0.3, 0.4) is 0 Å².